The number of imide groups is 1. The first-order valence-electron chi connectivity index (χ1n) is 7.13. The molecule has 0 saturated carbocycles. The van der Waals surface area contributed by atoms with Crippen LogP contribution in [0, 0.1) is 0 Å². The fraction of sp³-hybridized carbons (Fsp3) is 0.118. The van der Waals surface area contributed by atoms with Gasteiger partial charge >= 0.3 is 12.0 Å². The van der Waals surface area contributed by atoms with Gasteiger partial charge in [-0.05, 0) is 12.1 Å². The lowest BCUT2D eigenvalue weighted by atomic mass is 10.1. The van der Waals surface area contributed by atoms with Gasteiger partial charge in [0.2, 0.25) is 0 Å². The van der Waals surface area contributed by atoms with Gasteiger partial charge in [-0.3, -0.25) is 10.1 Å². The molecular weight excluding hydrogens is 328 g/mol. The van der Waals surface area contributed by atoms with Crippen molar-refractivity contribution in [3.63, 3.8) is 0 Å². The average molecular weight is 344 g/mol. The molecule has 0 bridgehead atoms. The molecule has 0 saturated heterocycles. The number of aromatic carboxylic acids is 1. The van der Waals surface area contributed by atoms with Crippen LogP contribution in [0.15, 0.2) is 42.5 Å². The lowest BCUT2D eigenvalue weighted by Gasteiger charge is -2.14. The van der Waals surface area contributed by atoms with Crippen LogP contribution in [-0.4, -0.2) is 37.2 Å². The first kappa shape index (κ1) is 17.8. The predicted molar refractivity (Wildman–Crippen MR) is 89.4 cm³/mol. The molecule has 0 heterocycles. The van der Waals surface area contributed by atoms with E-state index in [-0.39, 0.29) is 22.7 Å². The van der Waals surface area contributed by atoms with E-state index in [1.807, 2.05) is 0 Å². The van der Waals surface area contributed by atoms with Crippen LogP contribution in [0.5, 0.6) is 11.5 Å². The number of carbonyl (C=O) groups is 3. The van der Waals surface area contributed by atoms with E-state index >= 15 is 0 Å². The molecule has 0 aliphatic carbocycles. The molecule has 8 heteroatoms. The van der Waals surface area contributed by atoms with Crippen LogP contribution in [0.25, 0.3) is 0 Å². The highest BCUT2D eigenvalue weighted by Crippen LogP contribution is 2.33. The summed E-state index contributed by atoms with van der Waals surface area (Å²) in [7, 11) is 2.74. The maximum Gasteiger partial charge on any atom is 0.337 e. The molecule has 0 fully saturated rings. The second-order valence-electron chi connectivity index (χ2n) is 4.83. The topological polar surface area (TPSA) is 114 Å². The van der Waals surface area contributed by atoms with Gasteiger partial charge in [0.05, 0.1) is 25.5 Å². The van der Waals surface area contributed by atoms with Crippen molar-refractivity contribution >= 4 is 23.6 Å². The Hall–Kier alpha value is -3.55. The highest BCUT2D eigenvalue weighted by molar-refractivity contribution is 6.09. The van der Waals surface area contributed by atoms with Crippen molar-refractivity contribution in [1.82, 2.24) is 5.32 Å². The van der Waals surface area contributed by atoms with Crippen LogP contribution in [0.2, 0.25) is 0 Å². The predicted octanol–water partition coefficient (Wildman–Crippen LogP) is 2.36. The Morgan fingerprint density at radius 1 is 0.960 bits per heavy atom. The van der Waals surface area contributed by atoms with Gasteiger partial charge in [0.15, 0.2) is 11.5 Å². The number of amides is 3. The average Bonchev–Trinajstić information content (AvgIpc) is 2.61. The lowest BCUT2D eigenvalue weighted by Crippen LogP contribution is -2.34. The summed E-state index contributed by atoms with van der Waals surface area (Å²) in [4.78, 5) is 35.4. The van der Waals surface area contributed by atoms with E-state index in [9.17, 15) is 19.5 Å². The fourth-order valence-corrected chi connectivity index (χ4v) is 2.08. The molecule has 2 rings (SSSR count). The Labute approximate surface area is 143 Å². The number of hydrogen-bond donors (Lipinski definition) is 3. The van der Waals surface area contributed by atoms with Gasteiger partial charge in [-0.1, -0.05) is 18.2 Å². The summed E-state index contributed by atoms with van der Waals surface area (Å²) < 4.78 is 10.1. The number of carboxylic acids is 1. The number of methoxy groups -OCH3 is 2. The van der Waals surface area contributed by atoms with Crippen molar-refractivity contribution in [2.24, 2.45) is 0 Å². The number of hydrogen-bond acceptors (Lipinski definition) is 5. The minimum Gasteiger partial charge on any atom is -0.493 e. The molecule has 0 radical (unpaired) electrons. The van der Waals surface area contributed by atoms with E-state index < -0.39 is 17.9 Å². The standard InChI is InChI=1S/C17H16N2O6/c1-24-13-8-11(16(21)22)12(9-14(13)25-2)18-17(23)19-15(20)10-6-4-3-5-7-10/h3-9H,1-2H3,(H,21,22)(H2,18,19,20,23). The molecule has 25 heavy (non-hydrogen) atoms. The zero-order valence-corrected chi connectivity index (χ0v) is 13.5. The van der Waals surface area contributed by atoms with Crippen molar-refractivity contribution in [2.75, 3.05) is 19.5 Å². The van der Waals surface area contributed by atoms with Gasteiger partial charge in [-0.15, -0.1) is 0 Å². The van der Waals surface area contributed by atoms with Crippen LogP contribution < -0.4 is 20.1 Å². The van der Waals surface area contributed by atoms with E-state index in [0.717, 1.165) is 0 Å². The minimum atomic E-state index is -1.27. The van der Waals surface area contributed by atoms with E-state index in [0.29, 0.717) is 5.56 Å². The van der Waals surface area contributed by atoms with Gasteiger partial charge in [0.25, 0.3) is 5.91 Å². The monoisotopic (exact) mass is 344 g/mol. The fourth-order valence-electron chi connectivity index (χ4n) is 2.08. The number of anilines is 1. The summed E-state index contributed by atoms with van der Waals surface area (Å²) in [6, 6.07) is 9.78. The number of urea groups is 1. The Morgan fingerprint density at radius 3 is 2.12 bits per heavy atom. The van der Waals surface area contributed by atoms with Gasteiger partial charge in [-0.2, -0.15) is 0 Å². The highest BCUT2D eigenvalue weighted by Gasteiger charge is 2.19. The molecular formula is C17H16N2O6. The van der Waals surface area contributed by atoms with Crippen LogP contribution in [0.4, 0.5) is 10.5 Å². The number of carbonyl (C=O) groups excluding carboxylic acids is 2. The molecule has 0 aromatic heterocycles. The largest absolute Gasteiger partial charge is 0.493 e. The van der Waals surface area contributed by atoms with Gasteiger partial charge in [-0.25, -0.2) is 9.59 Å². The third-order valence-corrected chi connectivity index (χ3v) is 3.27. The van der Waals surface area contributed by atoms with Crippen molar-refractivity contribution in [2.45, 2.75) is 0 Å². The molecule has 8 nitrogen and oxygen atoms in total. The zero-order valence-electron chi connectivity index (χ0n) is 13.5. The number of ether oxygens (including phenoxy) is 2. The van der Waals surface area contributed by atoms with E-state index in [1.54, 1.807) is 30.3 Å². The number of nitrogens with one attached hydrogen (secondary N) is 2. The van der Waals surface area contributed by atoms with Crippen molar-refractivity contribution < 1.29 is 29.0 Å². The summed E-state index contributed by atoms with van der Waals surface area (Å²) >= 11 is 0. The number of benzene rings is 2. The first-order valence-corrected chi connectivity index (χ1v) is 7.13. The van der Waals surface area contributed by atoms with E-state index in [1.165, 1.54) is 26.4 Å². The van der Waals surface area contributed by atoms with E-state index in [2.05, 4.69) is 10.6 Å². The van der Waals surface area contributed by atoms with Gasteiger partial charge in [0, 0.05) is 17.7 Å². The number of rotatable bonds is 5. The van der Waals surface area contributed by atoms with Crippen molar-refractivity contribution in [1.29, 1.82) is 0 Å². The summed E-state index contributed by atoms with van der Waals surface area (Å²) in [6.45, 7) is 0. The smallest absolute Gasteiger partial charge is 0.337 e. The molecule has 2 aromatic carbocycles. The Morgan fingerprint density at radius 2 is 1.56 bits per heavy atom. The normalized spacial score (nSPS) is 9.84. The second-order valence-corrected chi connectivity index (χ2v) is 4.83. The minimum absolute atomic E-state index is 0.0384. The Kier molecular flexibility index (Phi) is 5.57. The maximum absolute atomic E-state index is 12.0. The molecule has 0 aliphatic rings. The van der Waals surface area contributed by atoms with Crippen LogP contribution >= 0.6 is 0 Å². The molecule has 0 aliphatic heterocycles. The van der Waals surface area contributed by atoms with Gasteiger partial charge in [0.1, 0.15) is 0 Å². The van der Waals surface area contributed by atoms with Crippen molar-refractivity contribution in [3.05, 3.63) is 53.6 Å². The Bertz CT molecular complexity index is 804. The maximum atomic E-state index is 12.0. The highest BCUT2D eigenvalue weighted by atomic mass is 16.5. The molecule has 3 amide bonds. The quantitative estimate of drug-likeness (QED) is 0.767. The van der Waals surface area contributed by atoms with Crippen LogP contribution in [0.1, 0.15) is 20.7 Å². The first-order chi connectivity index (χ1) is 12.0. The summed E-state index contributed by atoms with van der Waals surface area (Å²) in [5, 5.41) is 13.7. The zero-order chi connectivity index (χ0) is 18.4. The van der Waals surface area contributed by atoms with Crippen molar-refractivity contribution in [3.8, 4) is 11.5 Å². The molecule has 2 aromatic rings. The molecule has 0 unspecified atom stereocenters. The lowest BCUT2D eigenvalue weighted by molar-refractivity contribution is 0.0697. The molecule has 0 spiro atoms. The van der Waals surface area contributed by atoms with E-state index in [4.69, 9.17) is 9.47 Å². The SMILES string of the molecule is COc1cc(NC(=O)NC(=O)c2ccccc2)c(C(=O)O)cc1OC. The summed E-state index contributed by atoms with van der Waals surface area (Å²) in [6.07, 6.45) is 0. The van der Waals surface area contributed by atoms with Gasteiger partial charge < -0.3 is 19.9 Å². The number of carboxylic acid groups (broad SMARTS) is 1. The molecule has 130 valence electrons. The third kappa shape index (κ3) is 4.25. The van der Waals surface area contributed by atoms with Crippen LogP contribution in [0.3, 0.4) is 0 Å². The summed E-state index contributed by atoms with van der Waals surface area (Å²) in [5.41, 5.74) is 0.0480. The molecule has 3 N–H and O–H groups in total. The molecule has 0 atom stereocenters. The Balaban J connectivity index is 2.22. The van der Waals surface area contributed by atoms with Crippen LogP contribution in [-0.2, 0) is 0 Å². The second kappa shape index (κ2) is 7.82. The summed E-state index contributed by atoms with van der Waals surface area (Å²) in [5.74, 6) is -1.45. The third-order valence-electron chi connectivity index (χ3n) is 3.27.